The Labute approximate surface area is 185 Å². The summed E-state index contributed by atoms with van der Waals surface area (Å²) in [6.45, 7) is 11.6. The number of amides is 2. The molecule has 1 aromatic rings. The van der Waals surface area contributed by atoms with Gasteiger partial charge in [0.2, 0.25) is 0 Å². The zero-order valence-electron chi connectivity index (χ0n) is 19.6. The first-order chi connectivity index (χ1) is 14.6. The number of benzene rings is 1. The highest BCUT2D eigenvalue weighted by molar-refractivity contribution is 5.94. The third-order valence-corrected chi connectivity index (χ3v) is 5.05. The molecule has 0 spiro atoms. The van der Waals surface area contributed by atoms with Crippen molar-refractivity contribution >= 4 is 18.0 Å². The fraction of sp³-hybridized carbons (Fsp3) is 0.609. The van der Waals surface area contributed by atoms with Crippen molar-refractivity contribution in [1.29, 1.82) is 0 Å². The number of alkyl carbamates (subject to hydrolysis) is 1. The van der Waals surface area contributed by atoms with Crippen LogP contribution in [0.15, 0.2) is 29.3 Å². The lowest BCUT2D eigenvalue weighted by atomic mass is 10.1. The second-order valence-electron chi connectivity index (χ2n) is 8.96. The number of carbonyl (C=O) groups is 2. The summed E-state index contributed by atoms with van der Waals surface area (Å²) in [7, 11) is 1.74. The maximum absolute atomic E-state index is 12.4. The first kappa shape index (κ1) is 24.5. The van der Waals surface area contributed by atoms with Crippen LogP contribution in [0.2, 0.25) is 0 Å². The molecule has 0 aliphatic carbocycles. The lowest BCUT2D eigenvalue weighted by Gasteiger charge is -2.23. The van der Waals surface area contributed by atoms with Crippen molar-refractivity contribution in [2.24, 2.45) is 4.99 Å². The molecule has 1 heterocycles. The first-order valence-electron chi connectivity index (χ1n) is 11.0. The van der Waals surface area contributed by atoms with Crippen LogP contribution in [-0.4, -0.2) is 60.7 Å². The summed E-state index contributed by atoms with van der Waals surface area (Å²) >= 11 is 0. The van der Waals surface area contributed by atoms with E-state index in [1.54, 1.807) is 7.05 Å². The molecule has 0 bridgehead atoms. The SMILES string of the molecule is CCC(C)NC(=O)c1cccc(CNC(=NC)N2CCC(NC(=O)OC(C)(C)C)C2)c1. The number of hydrogen-bond acceptors (Lipinski definition) is 4. The molecule has 0 radical (unpaired) electrons. The molecule has 2 atom stereocenters. The Morgan fingerprint density at radius 2 is 2.06 bits per heavy atom. The van der Waals surface area contributed by atoms with E-state index in [-0.39, 0.29) is 18.0 Å². The van der Waals surface area contributed by atoms with E-state index in [0.29, 0.717) is 18.7 Å². The number of guanidine groups is 1. The van der Waals surface area contributed by atoms with Gasteiger partial charge in [0, 0.05) is 38.3 Å². The monoisotopic (exact) mass is 431 g/mol. The molecule has 8 nitrogen and oxygen atoms in total. The minimum absolute atomic E-state index is 0.0148. The van der Waals surface area contributed by atoms with E-state index in [1.165, 1.54) is 0 Å². The number of rotatable bonds is 6. The van der Waals surface area contributed by atoms with E-state index in [4.69, 9.17) is 4.74 Å². The summed E-state index contributed by atoms with van der Waals surface area (Å²) in [5.41, 5.74) is 1.14. The molecule has 8 heteroatoms. The minimum atomic E-state index is -0.514. The molecule has 31 heavy (non-hydrogen) atoms. The number of nitrogens with zero attached hydrogens (tertiary/aromatic N) is 2. The molecule has 1 fully saturated rings. The number of hydrogen-bond donors (Lipinski definition) is 3. The summed E-state index contributed by atoms with van der Waals surface area (Å²) in [4.78, 5) is 30.9. The van der Waals surface area contributed by atoms with Crippen molar-refractivity contribution in [3.05, 3.63) is 35.4 Å². The van der Waals surface area contributed by atoms with Gasteiger partial charge >= 0.3 is 6.09 Å². The Morgan fingerprint density at radius 1 is 1.32 bits per heavy atom. The summed E-state index contributed by atoms with van der Waals surface area (Å²) in [5, 5.41) is 9.28. The van der Waals surface area contributed by atoms with Gasteiger partial charge in [-0.15, -0.1) is 0 Å². The predicted octanol–water partition coefficient (Wildman–Crippen LogP) is 2.89. The summed E-state index contributed by atoms with van der Waals surface area (Å²) in [5.74, 6) is 0.708. The molecule has 2 amide bonds. The molecule has 2 unspecified atom stereocenters. The van der Waals surface area contributed by atoms with Crippen LogP contribution < -0.4 is 16.0 Å². The number of nitrogens with one attached hydrogen (secondary N) is 3. The van der Waals surface area contributed by atoms with Gasteiger partial charge in [-0.05, 0) is 58.2 Å². The molecule has 3 N–H and O–H groups in total. The van der Waals surface area contributed by atoms with Gasteiger partial charge in [-0.1, -0.05) is 19.1 Å². The Bertz CT molecular complexity index is 788. The average Bonchev–Trinajstić information content (AvgIpc) is 3.15. The van der Waals surface area contributed by atoms with Gasteiger partial charge < -0.3 is 25.6 Å². The van der Waals surface area contributed by atoms with E-state index in [2.05, 4.69) is 25.8 Å². The molecule has 172 valence electrons. The van der Waals surface area contributed by atoms with Gasteiger partial charge in [0.05, 0.1) is 6.04 Å². The standard InChI is InChI=1S/C23H37N5O3/c1-7-16(2)26-20(29)18-10-8-9-17(13-18)14-25-21(24-6)28-12-11-19(15-28)27-22(30)31-23(3,4)5/h8-10,13,16,19H,7,11-12,14-15H2,1-6H3,(H,24,25)(H,26,29)(H,27,30). The fourth-order valence-electron chi connectivity index (χ4n) is 3.29. The third kappa shape index (κ3) is 8.11. The van der Waals surface area contributed by atoms with Gasteiger partial charge in [0.1, 0.15) is 5.60 Å². The van der Waals surface area contributed by atoms with E-state index in [0.717, 1.165) is 30.9 Å². The smallest absolute Gasteiger partial charge is 0.407 e. The van der Waals surface area contributed by atoms with Crippen LogP contribution in [0.5, 0.6) is 0 Å². The number of ether oxygens (including phenoxy) is 1. The number of aliphatic imine (C=N–C) groups is 1. The highest BCUT2D eigenvalue weighted by Crippen LogP contribution is 2.13. The van der Waals surface area contributed by atoms with Crippen LogP contribution in [0.3, 0.4) is 0 Å². The molecule has 1 aliphatic rings. The van der Waals surface area contributed by atoms with Crippen molar-refractivity contribution in [3.63, 3.8) is 0 Å². The average molecular weight is 432 g/mol. The molecule has 2 rings (SSSR count). The molecule has 0 aromatic heterocycles. The highest BCUT2D eigenvalue weighted by Gasteiger charge is 2.27. The first-order valence-corrected chi connectivity index (χ1v) is 11.0. The predicted molar refractivity (Wildman–Crippen MR) is 123 cm³/mol. The quantitative estimate of drug-likeness (QED) is 0.476. The topological polar surface area (TPSA) is 95.1 Å². The van der Waals surface area contributed by atoms with Crippen LogP contribution in [0.1, 0.15) is 63.4 Å². The van der Waals surface area contributed by atoms with Gasteiger partial charge in [0.15, 0.2) is 5.96 Å². The lowest BCUT2D eigenvalue weighted by Crippen LogP contribution is -2.44. The maximum atomic E-state index is 12.4. The van der Waals surface area contributed by atoms with Crippen LogP contribution in [-0.2, 0) is 11.3 Å². The molecule has 0 saturated carbocycles. The Morgan fingerprint density at radius 3 is 2.71 bits per heavy atom. The van der Waals surface area contributed by atoms with E-state index in [9.17, 15) is 9.59 Å². The minimum Gasteiger partial charge on any atom is -0.444 e. The maximum Gasteiger partial charge on any atom is 0.407 e. The van der Waals surface area contributed by atoms with Crippen molar-refractivity contribution in [3.8, 4) is 0 Å². The van der Waals surface area contributed by atoms with Crippen LogP contribution in [0.25, 0.3) is 0 Å². The molecule has 1 aliphatic heterocycles. The van der Waals surface area contributed by atoms with Crippen molar-refractivity contribution in [2.75, 3.05) is 20.1 Å². The Kier molecular flexibility index (Phi) is 8.71. The summed E-state index contributed by atoms with van der Waals surface area (Å²) < 4.78 is 5.34. The van der Waals surface area contributed by atoms with Gasteiger partial charge in [-0.3, -0.25) is 9.79 Å². The van der Waals surface area contributed by atoms with Crippen molar-refractivity contribution in [1.82, 2.24) is 20.9 Å². The van der Waals surface area contributed by atoms with Gasteiger partial charge in [-0.25, -0.2) is 4.79 Å². The number of likely N-dealkylation sites (tertiary alicyclic amines) is 1. The van der Waals surface area contributed by atoms with Crippen LogP contribution >= 0.6 is 0 Å². The van der Waals surface area contributed by atoms with Crippen LogP contribution in [0, 0.1) is 0 Å². The molecular weight excluding hydrogens is 394 g/mol. The van der Waals surface area contributed by atoms with Crippen LogP contribution in [0.4, 0.5) is 4.79 Å². The van der Waals surface area contributed by atoms with Crippen molar-refractivity contribution < 1.29 is 14.3 Å². The van der Waals surface area contributed by atoms with Gasteiger partial charge in [0.25, 0.3) is 5.91 Å². The third-order valence-electron chi connectivity index (χ3n) is 5.05. The normalized spacial score (nSPS) is 17.8. The second kappa shape index (κ2) is 11.0. The fourth-order valence-corrected chi connectivity index (χ4v) is 3.29. The van der Waals surface area contributed by atoms with E-state index >= 15 is 0 Å². The molecule has 1 saturated heterocycles. The zero-order chi connectivity index (χ0) is 23.0. The Balaban J connectivity index is 1.88. The Hall–Kier alpha value is -2.77. The number of carbonyl (C=O) groups excluding carboxylic acids is 2. The molecular formula is C23H37N5O3. The zero-order valence-corrected chi connectivity index (χ0v) is 19.6. The van der Waals surface area contributed by atoms with Gasteiger partial charge in [-0.2, -0.15) is 0 Å². The summed E-state index contributed by atoms with van der Waals surface area (Å²) in [6.07, 6.45) is 1.32. The van der Waals surface area contributed by atoms with Crippen molar-refractivity contribution in [2.45, 2.75) is 71.7 Å². The van der Waals surface area contributed by atoms with E-state index < -0.39 is 11.7 Å². The second-order valence-corrected chi connectivity index (χ2v) is 8.96. The summed E-state index contributed by atoms with van der Waals surface area (Å²) in [6, 6.07) is 7.75. The van der Waals surface area contributed by atoms with E-state index in [1.807, 2.05) is 58.9 Å². The lowest BCUT2D eigenvalue weighted by molar-refractivity contribution is 0.0507. The largest absolute Gasteiger partial charge is 0.444 e. The molecule has 1 aromatic carbocycles. The highest BCUT2D eigenvalue weighted by atomic mass is 16.6.